The third kappa shape index (κ3) is 7.22. The maximum absolute atomic E-state index is 13.8. The molecular formula is C36H29Cl2N3O5S2. The number of aliphatic hydroxyl groups excluding tert-OH is 1. The minimum atomic E-state index is -1.02. The molecule has 8 nitrogen and oxygen atoms in total. The number of ketones is 1. The molecule has 1 amide bonds. The number of hydrogen-bond acceptors (Lipinski definition) is 9. The van der Waals surface area contributed by atoms with Crippen molar-refractivity contribution < 1.29 is 24.2 Å². The van der Waals surface area contributed by atoms with Gasteiger partial charge in [0, 0.05) is 21.4 Å². The third-order valence-corrected chi connectivity index (χ3v) is 10.2. The number of aliphatic hydroxyl groups is 1. The fourth-order valence-corrected chi connectivity index (χ4v) is 7.59. The van der Waals surface area contributed by atoms with Crippen molar-refractivity contribution in [3.05, 3.63) is 134 Å². The Labute approximate surface area is 295 Å². The molecule has 0 saturated carbocycles. The molecule has 12 heteroatoms. The molecule has 1 saturated heterocycles. The number of aryl methyl sites for hydroxylation is 1. The number of halogens is 2. The molecule has 1 aliphatic rings. The monoisotopic (exact) mass is 717 g/mol. The molecule has 1 aliphatic heterocycles. The predicted molar refractivity (Wildman–Crippen MR) is 190 cm³/mol. The number of aromatic nitrogens is 2. The second-order valence-electron chi connectivity index (χ2n) is 10.8. The van der Waals surface area contributed by atoms with Crippen LogP contribution < -0.4 is 14.4 Å². The van der Waals surface area contributed by atoms with Crippen LogP contribution >= 0.6 is 46.3 Å². The van der Waals surface area contributed by atoms with Crippen LogP contribution in [0.1, 0.15) is 40.8 Å². The summed E-state index contributed by atoms with van der Waals surface area (Å²) in [5.41, 5.74) is 3.69. The van der Waals surface area contributed by atoms with E-state index in [0.29, 0.717) is 56.0 Å². The zero-order chi connectivity index (χ0) is 33.8. The van der Waals surface area contributed by atoms with E-state index in [0.717, 1.165) is 28.0 Å². The van der Waals surface area contributed by atoms with E-state index in [1.165, 1.54) is 16.7 Å². The summed E-state index contributed by atoms with van der Waals surface area (Å²) in [4.78, 5) is 28.8. The van der Waals surface area contributed by atoms with E-state index in [9.17, 15) is 14.7 Å². The first kappa shape index (κ1) is 33.5. The molecule has 1 unspecified atom stereocenters. The van der Waals surface area contributed by atoms with E-state index >= 15 is 0 Å². The number of ether oxygens (including phenoxy) is 2. The van der Waals surface area contributed by atoms with Gasteiger partial charge < -0.3 is 14.6 Å². The molecule has 4 aromatic carbocycles. The molecule has 48 heavy (non-hydrogen) atoms. The van der Waals surface area contributed by atoms with Gasteiger partial charge in [0.2, 0.25) is 5.13 Å². The van der Waals surface area contributed by atoms with Gasteiger partial charge in [0.25, 0.3) is 5.78 Å². The molecule has 0 spiro atoms. The van der Waals surface area contributed by atoms with Crippen LogP contribution in [0, 0.1) is 6.92 Å². The Balaban J connectivity index is 1.39. The topological polar surface area (TPSA) is 102 Å². The number of anilines is 1. The second-order valence-corrected chi connectivity index (χ2v) is 13.8. The van der Waals surface area contributed by atoms with Crippen LogP contribution in [0.2, 0.25) is 10.0 Å². The molecule has 1 aromatic heterocycles. The molecule has 244 valence electrons. The van der Waals surface area contributed by atoms with E-state index in [4.69, 9.17) is 32.7 Å². The smallest absolute Gasteiger partial charge is 0.301 e. The van der Waals surface area contributed by atoms with Gasteiger partial charge in [-0.15, -0.1) is 10.2 Å². The minimum Gasteiger partial charge on any atom is -0.507 e. The normalized spacial score (nSPS) is 15.6. The van der Waals surface area contributed by atoms with Crippen LogP contribution in [0.3, 0.4) is 0 Å². The van der Waals surface area contributed by atoms with E-state index in [-0.39, 0.29) is 16.5 Å². The lowest BCUT2D eigenvalue weighted by atomic mass is 9.95. The van der Waals surface area contributed by atoms with Gasteiger partial charge in [-0.05, 0) is 54.8 Å². The van der Waals surface area contributed by atoms with Crippen molar-refractivity contribution in [2.24, 2.45) is 0 Å². The maximum Gasteiger partial charge on any atom is 0.301 e. The van der Waals surface area contributed by atoms with Crippen molar-refractivity contribution >= 4 is 68.9 Å². The average molecular weight is 719 g/mol. The van der Waals surface area contributed by atoms with Gasteiger partial charge in [-0.25, -0.2) is 0 Å². The largest absolute Gasteiger partial charge is 0.507 e. The Hall–Kier alpha value is -4.35. The average Bonchev–Trinajstić information content (AvgIpc) is 3.66. The van der Waals surface area contributed by atoms with Gasteiger partial charge in [-0.3, -0.25) is 14.5 Å². The molecule has 5 aromatic rings. The highest BCUT2D eigenvalue weighted by Crippen LogP contribution is 2.46. The van der Waals surface area contributed by atoms with Crippen molar-refractivity contribution in [3.8, 4) is 11.5 Å². The molecule has 6 rings (SSSR count). The van der Waals surface area contributed by atoms with E-state index in [1.54, 1.807) is 42.5 Å². The van der Waals surface area contributed by atoms with Crippen molar-refractivity contribution in [2.45, 2.75) is 36.6 Å². The van der Waals surface area contributed by atoms with E-state index in [1.807, 2.05) is 62.4 Å². The van der Waals surface area contributed by atoms with Crippen LogP contribution in [0.5, 0.6) is 11.5 Å². The van der Waals surface area contributed by atoms with Gasteiger partial charge in [0.1, 0.15) is 12.4 Å². The van der Waals surface area contributed by atoms with Gasteiger partial charge >= 0.3 is 5.91 Å². The summed E-state index contributed by atoms with van der Waals surface area (Å²) >= 11 is 15.0. The summed E-state index contributed by atoms with van der Waals surface area (Å²) < 4.78 is 12.6. The summed E-state index contributed by atoms with van der Waals surface area (Å²) in [5, 5.41) is 21.4. The van der Waals surface area contributed by atoms with E-state index < -0.39 is 17.7 Å². The zero-order valence-corrected chi connectivity index (χ0v) is 29.0. The molecule has 0 bridgehead atoms. The second kappa shape index (κ2) is 14.8. The lowest BCUT2D eigenvalue weighted by molar-refractivity contribution is -0.132. The number of Topliss-reactive ketones (excluding diaryl/α,β-unsaturated/α-hetero) is 1. The predicted octanol–water partition coefficient (Wildman–Crippen LogP) is 9.05. The van der Waals surface area contributed by atoms with Crippen LogP contribution in [0.25, 0.3) is 5.76 Å². The Morgan fingerprint density at radius 2 is 1.71 bits per heavy atom. The highest BCUT2D eigenvalue weighted by Gasteiger charge is 2.48. The molecule has 1 N–H and O–H groups in total. The summed E-state index contributed by atoms with van der Waals surface area (Å²) in [5.74, 6) is -0.541. The lowest BCUT2D eigenvalue weighted by Crippen LogP contribution is -2.29. The molecule has 1 fully saturated rings. The number of rotatable bonds is 11. The minimum absolute atomic E-state index is 0.0680. The fourth-order valence-electron chi connectivity index (χ4n) is 5.17. The summed E-state index contributed by atoms with van der Waals surface area (Å²) in [6, 6.07) is 26.3. The molecule has 0 aliphatic carbocycles. The fraction of sp³-hybridized carbons (Fsp3) is 0.167. The number of carbonyl (C=O) groups excluding carboxylic acids is 2. The van der Waals surface area contributed by atoms with Crippen LogP contribution in [-0.2, 0) is 21.9 Å². The summed E-state index contributed by atoms with van der Waals surface area (Å²) in [6.45, 7) is 4.45. The van der Waals surface area contributed by atoms with Crippen molar-refractivity contribution in [3.63, 3.8) is 0 Å². The molecule has 0 radical (unpaired) electrons. The van der Waals surface area contributed by atoms with Crippen molar-refractivity contribution in [1.29, 1.82) is 0 Å². The molecular weight excluding hydrogens is 689 g/mol. The van der Waals surface area contributed by atoms with Crippen LogP contribution in [0.4, 0.5) is 5.13 Å². The third-order valence-electron chi connectivity index (χ3n) is 7.56. The Bertz CT molecular complexity index is 2000. The van der Waals surface area contributed by atoms with Crippen molar-refractivity contribution in [1.82, 2.24) is 10.2 Å². The maximum atomic E-state index is 13.8. The Morgan fingerprint density at radius 3 is 2.44 bits per heavy atom. The molecule has 1 atom stereocenters. The number of carbonyl (C=O) groups is 2. The zero-order valence-electron chi connectivity index (χ0n) is 25.9. The summed E-state index contributed by atoms with van der Waals surface area (Å²) in [7, 11) is 0. The highest BCUT2D eigenvalue weighted by atomic mass is 35.5. The van der Waals surface area contributed by atoms with Gasteiger partial charge in [-0.2, -0.15) is 0 Å². The van der Waals surface area contributed by atoms with E-state index in [2.05, 4.69) is 10.2 Å². The van der Waals surface area contributed by atoms with Gasteiger partial charge in [0.15, 0.2) is 15.8 Å². The quantitative estimate of drug-likeness (QED) is 0.0475. The Morgan fingerprint density at radius 1 is 0.938 bits per heavy atom. The highest BCUT2D eigenvalue weighted by molar-refractivity contribution is 8.00. The number of thioether (sulfide) groups is 1. The SMILES string of the molecule is CCOc1cc(C2C(=C(O)c3ccc(C)cc3)C(=O)C(=O)N2c2nnc(SCc3ccc(Cl)cc3Cl)s2)ccc1OCc1ccccc1. The van der Waals surface area contributed by atoms with Crippen molar-refractivity contribution in [2.75, 3.05) is 11.5 Å². The van der Waals surface area contributed by atoms with Crippen LogP contribution in [-0.4, -0.2) is 33.6 Å². The lowest BCUT2D eigenvalue weighted by Gasteiger charge is -2.23. The first-order chi connectivity index (χ1) is 23.2. The van der Waals surface area contributed by atoms with Crippen LogP contribution in [0.15, 0.2) is 101 Å². The van der Waals surface area contributed by atoms with Gasteiger partial charge in [-0.1, -0.05) is 119 Å². The standard InChI is InChI=1S/C36H29Cl2N3O5S2/c1-3-45-29-17-24(14-16-28(29)46-19-22-7-5-4-6-8-22)31-30(32(42)23-11-9-21(2)10-12-23)33(43)34(44)41(31)35-39-40-36(48-35)47-20-25-13-15-26(37)18-27(25)38/h4-18,31,42H,3,19-20H2,1-2H3. The Kier molecular flexibility index (Phi) is 10.4. The molecule has 2 heterocycles. The number of benzene rings is 4. The summed E-state index contributed by atoms with van der Waals surface area (Å²) in [6.07, 6.45) is 0. The van der Waals surface area contributed by atoms with Gasteiger partial charge in [0.05, 0.1) is 18.2 Å². The number of amides is 1. The number of hydrogen-bond donors (Lipinski definition) is 1. The first-order valence-electron chi connectivity index (χ1n) is 14.9. The number of nitrogens with zero attached hydrogens (tertiary/aromatic N) is 3. The first-order valence-corrected chi connectivity index (χ1v) is 17.5.